The maximum absolute atomic E-state index is 13.8. The normalized spacial score (nSPS) is 18.7. The lowest BCUT2D eigenvalue weighted by Crippen LogP contribution is -2.56. The molecule has 1 amide bonds. The van der Waals surface area contributed by atoms with E-state index in [1.165, 1.54) is 5.69 Å². The van der Waals surface area contributed by atoms with E-state index in [1.807, 2.05) is 41.3 Å². The summed E-state index contributed by atoms with van der Waals surface area (Å²) in [4.78, 5) is 18.1. The van der Waals surface area contributed by atoms with Crippen molar-refractivity contribution in [1.82, 2.24) is 4.90 Å². The molecular formula is C24H30N2O4. The number of nitrogens with zero attached hydrogens (tertiary/aromatic N) is 2. The third-order valence-corrected chi connectivity index (χ3v) is 6.40. The molecule has 4 rings (SSSR count). The fraction of sp³-hybridized carbons (Fsp3) is 0.458. The minimum absolute atomic E-state index is 0.227. The molecule has 2 fully saturated rings. The second-order valence-corrected chi connectivity index (χ2v) is 7.90. The Morgan fingerprint density at radius 3 is 1.90 bits per heavy atom. The monoisotopic (exact) mass is 410 g/mol. The van der Waals surface area contributed by atoms with Crippen molar-refractivity contribution >= 4 is 11.6 Å². The quantitative estimate of drug-likeness (QED) is 0.758. The summed E-state index contributed by atoms with van der Waals surface area (Å²) >= 11 is 0. The number of rotatable bonds is 5. The zero-order valence-corrected chi connectivity index (χ0v) is 17.8. The predicted molar refractivity (Wildman–Crippen MR) is 117 cm³/mol. The first-order valence-electron chi connectivity index (χ1n) is 10.6. The molecular weight excluding hydrogens is 380 g/mol. The van der Waals surface area contributed by atoms with Crippen LogP contribution in [0.25, 0.3) is 0 Å². The van der Waals surface area contributed by atoms with Crippen molar-refractivity contribution < 1.29 is 19.0 Å². The third-order valence-electron chi connectivity index (χ3n) is 6.40. The fourth-order valence-corrected chi connectivity index (χ4v) is 4.52. The van der Waals surface area contributed by atoms with Crippen LogP contribution in [0.3, 0.4) is 0 Å². The van der Waals surface area contributed by atoms with Crippen molar-refractivity contribution in [2.24, 2.45) is 0 Å². The van der Waals surface area contributed by atoms with Crippen LogP contribution in [0.5, 0.6) is 11.5 Å². The molecule has 2 aromatic carbocycles. The number of benzene rings is 2. The highest BCUT2D eigenvalue weighted by atomic mass is 16.5. The topological polar surface area (TPSA) is 51.2 Å². The molecule has 160 valence electrons. The van der Waals surface area contributed by atoms with Gasteiger partial charge in [-0.25, -0.2) is 0 Å². The van der Waals surface area contributed by atoms with Crippen LogP contribution in [-0.4, -0.2) is 64.4 Å². The van der Waals surface area contributed by atoms with E-state index in [0.29, 0.717) is 13.2 Å². The van der Waals surface area contributed by atoms with Crippen molar-refractivity contribution in [3.63, 3.8) is 0 Å². The number of hydrogen-bond acceptors (Lipinski definition) is 5. The predicted octanol–water partition coefficient (Wildman–Crippen LogP) is 3.10. The van der Waals surface area contributed by atoms with E-state index in [0.717, 1.165) is 56.1 Å². The number of ether oxygens (including phenoxy) is 3. The number of carbonyl (C=O) groups is 1. The minimum Gasteiger partial charge on any atom is -0.497 e. The van der Waals surface area contributed by atoms with Crippen LogP contribution in [-0.2, 0) is 14.9 Å². The molecule has 2 aromatic rings. The highest BCUT2D eigenvalue weighted by Crippen LogP contribution is 2.38. The zero-order chi connectivity index (χ0) is 21.0. The Hall–Kier alpha value is -2.73. The van der Waals surface area contributed by atoms with Gasteiger partial charge in [-0.1, -0.05) is 12.1 Å². The molecule has 0 unspecified atom stereocenters. The number of anilines is 1. The maximum Gasteiger partial charge on any atom is 0.233 e. The highest BCUT2D eigenvalue weighted by Gasteiger charge is 2.44. The Morgan fingerprint density at radius 2 is 1.37 bits per heavy atom. The second kappa shape index (κ2) is 8.96. The van der Waals surface area contributed by atoms with Gasteiger partial charge in [-0.3, -0.25) is 4.79 Å². The molecule has 2 aliphatic rings. The van der Waals surface area contributed by atoms with Crippen LogP contribution < -0.4 is 14.4 Å². The number of piperazine rings is 1. The Morgan fingerprint density at radius 1 is 0.833 bits per heavy atom. The minimum atomic E-state index is -0.507. The van der Waals surface area contributed by atoms with Gasteiger partial charge in [0.05, 0.1) is 19.6 Å². The smallest absolute Gasteiger partial charge is 0.233 e. The summed E-state index contributed by atoms with van der Waals surface area (Å²) in [6, 6.07) is 16.1. The summed E-state index contributed by atoms with van der Waals surface area (Å²) in [5, 5.41) is 0. The molecule has 0 N–H and O–H groups in total. The van der Waals surface area contributed by atoms with E-state index in [1.54, 1.807) is 14.2 Å². The lowest BCUT2D eigenvalue weighted by Gasteiger charge is -2.43. The Balaban J connectivity index is 1.48. The Bertz CT molecular complexity index is 837. The molecule has 30 heavy (non-hydrogen) atoms. The summed E-state index contributed by atoms with van der Waals surface area (Å²) in [7, 11) is 3.33. The van der Waals surface area contributed by atoms with Crippen LogP contribution in [0.1, 0.15) is 18.4 Å². The Kier molecular flexibility index (Phi) is 6.13. The van der Waals surface area contributed by atoms with Crippen LogP contribution in [0.15, 0.2) is 48.5 Å². The molecule has 2 heterocycles. The van der Waals surface area contributed by atoms with Gasteiger partial charge in [0.25, 0.3) is 0 Å². The van der Waals surface area contributed by atoms with Crippen molar-refractivity contribution in [3.8, 4) is 11.5 Å². The van der Waals surface area contributed by atoms with E-state index in [2.05, 4.69) is 17.0 Å². The molecule has 0 spiro atoms. The van der Waals surface area contributed by atoms with E-state index >= 15 is 0 Å². The first-order valence-corrected chi connectivity index (χ1v) is 10.6. The average molecular weight is 411 g/mol. The summed E-state index contributed by atoms with van der Waals surface area (Å²) in [6.45, 7) is 4.33. The molecule has 2 saturated heterocycles. The van der Waals surface area contributed by atoms with E-state index in [9.17, 15) is 4.79 Å². The van der Waals surface area contributed by atoms with Gasteiger partial charge >= 0.3 is 0 Å². The van der Waals surface area contributed by atoms with Gasteiger partial charge in [-0.15, -0.1) is 0 Å². The van der Waals surface area contributed by atoms with Crippen LogP contribution >= 0.6 is 0 Å². The lowest BCUT2D eigenvalue weighted by atomic mass is 9.73. The van der Waals surface area contributed by atoms with Gasteiger partial charge in [0.1, 0.15) is 11.5 Å². The van der Waals surface area contributed by atoms with Gasteiger partial charge in [-0.2, -0.15) is 0 Å². The lowest BCUT2D eigenvalue weighted by molar-refractivity contribution is -0.141. The van der Waals surface area contributed by atoms with Gasteiger partial charge in [0.15, 0.2) is 0 Å². The SMILES string of the molecule is COc1ccc(N2CCN(C(=O)C3(c4ccc(OC)cc4)CCOCC3)CC2)cc1. The van der Waals surface area contributed by atoms with Gasteiger partial charge < -0.3 is 24.0 Å². The molecule has 0 radical (unpaired) electrons. The molecule has 0 bridgehead atoms. The number of carbonyl (C=O) groups excluding carboxylic acids is 1. The van der Waals surface area contributed by atoms with Gasteiger partial charge in [-0.05, 0) is 54.8 Å². The molecule has 6 nitrogen and oxygen atoms in total. The standard InChI is InChI=1S/C24H30N2O4/c1-28-21-7-3-19(4-8-21)24(11-17-30-18-12-24)23(27)26-15-13-25(14-16-26)20-5-9-22(29-2)10-6-20/h3-10H,11-18H2,1-2H3. The van der Waals surface area contributed by atoms with Gasteiger partial charge in [0, 0.05) is 45.1 Å². The first kappa shape index (κ1) is 20.5. The number of amides is 1. The van der Waals surface area contributed by atoms with E-state index in [4.69, 9.17) is 14.2 Å². The zero-order valence-electron chi connectivity index (χ0n) is 17.8. The van der Waals surface area contributed by atoms with Crippen LogP contribution in [0.2, 0.25) is 0 Å². The van der Waals surface area contributed by atoms with Crippen molar-refractivity contribution in [2.75, 3.05) is 58.5 Å². The Labute approximate surface area is 178 Å². The molecule has 2 aliphatic heterocycles. The van der Waals surface area contributed by atoms with Crippen molar-refractivity contribution in [2.45, 2.75) is 18.3 Å². The molecule has 0 atom stereocenters. The van der Waals surface area contributed by atoms with Crippen molar-refractivity contribution in [1.29, 1.82) is 0 Å². The maximum atomic E-state index is 13.8. The number of hydrogen-bond donors (Lipinski definition) is 0. The van der Waals surface area contributed by atoms with E-state index in [-0.39, 0.29) is 5.91 Å². The van der Waals surface area contributed by atoms with Gasteiger partial charge in [0.2, 0.25) is 5.91 Å². The van der Waals surface area contributed by atoms with Crippen molar-refractivity contribution in [3.05, 3.63) is 54.1 Å². The first-order chi connectivity index (χ1) is 14.7. The molecule has 0 aliphatic carbocycles. The summed E-state index contributed by atoms with van der Waals surface area (Å²) < 4.78 is 16.2. The summed E-state index contributed by atoms with van der Waals surface area (Å²) in [6.07, 6.45) is 1.44. The molecule has 6 heteroatoms. The third kappa shape index (κ3) is 3.97. The largest absolute Gasteiger partial charge is 0.497 e. The number of methoxy groups -OCH3 is 2. The summed E-state index contributed by atoms with van der Waals surface area (Å²) in [5.74, 6) is 1.89. The van der Waals surface area contributed by atoms with Crippen LogP contribution in [0, 0.1) is 0 Å². The fourth-order valence-electron chi connectivity index (χ4n) is 4.52. The molecule has 0 aromatic heterocycles. The van der Waals surface area contributed by atoms with E-state index < -0.39 is 5.41 Å². The average Bonchev–Trinajstić information content (AvgIpc) is 2.84. The molecule has 0 saturated carbocycles. The summed E-state index contributed by atoms with van der Waals surface area (Å²) in [5.41, 5.74) is 1.72. The highest BCUT2D eigenvalue weighted by molar-refractivity contribution is 5.88. The van der Waals surface area contributed by atoms with Crippen LogP contribution in [0.4, 0.5) is 5.69 Å². The second-order valence-electron chi connectivity index (χ2n) is 7.90.